The number of nitrogens with one attached hydrogen (secondary N) is 1. The fraction of sp³-hybridized carbons (Fsp3) is 0.200. The van der Waals surface area contributed by atoms with Gasteiger partial charge >= 0.3 is 5.97 Å². The van der Waals surface area contributed by atoms with Gasteiger partial charge in [0.05, 0.1) is 12.2 Å². The average Bonchev–Trinajstić information content (AvgIpc) is 2.61. The van der Waals surface area contributed by atoms with Gasteiger partial charge in [-0.3, -0.25) is 4.79 Å². The standard InChI is InChI=1S/C20H21NO3/c1-3-24-20(23)18(14-16-10-6-4-7-11-16)15(2)21-19(22)17-12-8-5-9-13-17/h4-13H,3,14H2,1-2H3,(H,21,22)/b18-15+. The molecule has 0 saturated carbocycles. The molecule has 1 N–H and O–H groups in total. The molecule has 2 aromatic carbocycles. The lowest BCUT2D eigenvalue weighted by molar-refractivity contribution is -0.138. The first-order chi connectivity index (χ1) is 11.6. The fourth-order valence-corrected chi connectivity index (χ4v) is 2.28. The van der Waals surface area contributed by atoms with Gasteiger partial charge < -0.3 is 10.1 Å². The smallest absolute Gasteiger partial charge is 0.336 e. The van der Waals surface area contributed by atoms with Crippen molar-refractivity contribution >= 4 is 11.9 Å². The van der Waals surface area contributed by atoms with E-state index in [2.05, 4.69) is 5.32 Å². The lowest BCUT2D eigenvalue weighted by Crippen LogP contribution is -2.25. The lowest BCUT2D eigenvalue weighted by Gasteiger charge is -2.13. The van der Waals surface area contributed by atoms with Crippen molar-refractivity contribution in [2.24, 2.45) is 0 Å². The third kappa shape index (κ3) is 4.81. The second kappa shape index (κ2) is 8.67. The number of esters is 1. The number of amides is 1. The first-order valence-corrected chi connectivity index (χ1v) is 7.89. The number of hydrogen-bond acceptors (Lipinski definition) is 3. The van der Waals surface area contributed by atoms with Gasteiger partial charge in [-0.1, -0.05) is 48.5 Å². The van der Waals surface area contributed by atoms with Gasteiger partial charge in [-0.05, 0) is 31.5 Å². The third-order valence-electron chi connectivity index (χ3n) is 3.54. The van der Waals surface area contributed by atoms with E-state index in [1.165, 1.54) is 0 Å². The van der Waals surface area contributed by atoms with E-state index in [1.807, 2.05) is 36.4 Å². The van der Waals surface area contributed by atoms with Crippen LogP contribution in [0, 0.1) is 0 Å². The van der Waals surface area contributed by atoms with Gasteiger partial charge in [0, 0.05) is 17.7 Å². The second-order valence-corrected chi connectivity index (χ2v) is 5.31. The Hall–Kier alpha value is -2.88. The minimum Gasteiger partial charge on any atom is -0.463 e. The van der Waals surface area contributed by atoms with Crippen molar-refractivity contribution in [3.63, 3.8) is 0 Å². The summed E-state index contributed by atoms with van der Waals surface area (Å²) in [6, 6.07) is 18.5. The molecule has 2 aromatic rings. The van der Waals surface area contributed by atoms with Gasteiger partial charge in [-0.2, -0.15) is 0 Å². The molecule has 0 heterocycles. The zero-order valence-corrected chi connectivity index (χ0v) is 13.9. The zero-order valence-electron chi connectivity index (χ0n) is 13.9. The van der Waals surface area contributed by atoms with Gasteiger partial charge in [0.15, 0.2) is 0 Å². The number of ether oxygens (including phenoxy) is 1. The number of carbonyl (C=O) groups is 2. The van der Waals surface area contributed by atoms with Crippen LogP contribution in [0.1, 0.15) is 29.8 Å². The molecule has 0 fully saturated rings. The van der Waals surface area contributed by atoms with Crippen LogP contribution >= 0.6 is 0 Å². The van der Waals surface area contributed by atoms with Crippen LogP contribution in [0.2, 0.25) is 0 Å². The van der Waals surface area contributed by atoms with E-state index < -0.39 is 5.97 Å². The highest BCUT2D eigenvalue weighted by Crippen LogP contribution is 2.14. The van der Waals surface area contributed by atoms with Crippen LogP contribution in [-0.2, 0) is 16.0 Å². The Morgan fingerprint density at radius 1 is 0.958 bits per heavy atom. The molecule has 0 unspecified atom stereocenters. The molecule has 0 saturated heterocycles. The molecular formula is C20H21NO3. The van der Waals surface area contributed by atoms with Crippen molar-refractivity contribution in [1.29, 1.82) is 0 Å². The fourth-order valence-electron chi connectivity index (χ4n) is 2.28. The summed E-state index contributed by atoms with van der Waals surface area (Å²) in [5, 5.41) is 2.80. The molecule has 0 spiro atoms. The topological polar surface area (TPSA) is 55.4 Å². The molecule has 4 heteroatoms. The highest BCUT2D eigenvalue weighted by atomic mass is 16.5. The molecule has 0 radical (unpaired) electrons. The van der Waals surface area contributed by atoms with Gasteiger partial charge in [0.1, 0.15) is 0 Å². The number of hydrogen-bond donors (Lipinski definition) is 1. The third-order valence-corrected chi connectivity index (χ3v) is 3.54. The summed E-state index contributed by atoms with van der Waals surface area (Å²) in [6.45, 7) is 3.77. The normalized spacial score (nSPS) is 11.4. The summed E-state index contributed by atoms with van der Waals surface area (Å²) >= 11 is 0. The molecule has 4 nitrogen and oxygen atoms in total. The Morgan fingerprint density at radius 3 is 2.12 bits per heavy atom. The van der Waals surface area contributed by atoms with Gasteiger partial charge in [-0.25, -0.2) is 4.79 Å². The molecule has 0 aromatic heterocycles. The van der Waals surface area contributed by atoms with Gasteiger partial charge in [0.2, 0.25) is 0 Å². The van der Waals surface area contributed by atoms with E-state index in [0.717, 1.165) is 5.56 Å². The Labute approximate surface area is 142 Å². The lowest BCUT2D eigenvalue weighted by atomic mass is 10.0. The summed E-state index contributed by atoms with van der Waals surface area (Å²) < 4.78 is 5.14. The average molecular weight is 323 g/mol. The van der Waals surface area contributed by atoms with Crippen LogP contribution in [0.15, 0.2) is 71.9 Å². The molecular weight excluding hydrogens is 302 g/mol. The zero-order chi connectivity index (χ0) is 17.4. The molecule has 0 bridgehead atoms. The van der Waals surface area contributed by atoms with E-state index in [1.54, 1.807) is 38.1 Å². The second-order valence-electron chi connectivity index (χ2n) is 5.31. The predicted octanol–water partition coefficient (Wildman–Crippen LogP) is 3.50. The molecule has 1 amide bonds. The largest absolute Gasteiger partial charge is 0.463 e. The van der Waals surface area contributed by atoms with Crippen LogP contribution in [0.3, 0.4) is 0 Å². The monoisotopic (exact) mass is 323 g/mol. The van der Waals surface area contributed by atoms with Gasteiger partial charge in [0.25, 0.3) is 5.91 Å². The van der Waals surface area contributed by atoms with Crippen LogP contribution in [0.4, 0.5) is 0 Å². The minimum absolute atomic E-state index is 0.247. The maximum atomic E-state index is 12.3. The van der Waals surface area contributed by atoms with Crippen molar-refractivity contribution in [2.75, 3.05) is 6.61 Å². The molecule has 0 aliphatic heterocycles. The summed E-state index contributed by atoms with van der Waals surface area (Å²) in [6.07, 6.45) is 0.403. The SMILES string of the molecule is CCOC(=O)/C(Cc1ccccc1)=C(\C)NC(=O)c1ccccc1. The number of rotatable bonds is 6. The number of allylic oxidation sites excluding steroid dienone is 1. The number of carbonyl (C=O) groups excluding carboxylic acids is 2. The van der Waals surface area contributed by atoms with Crippen LogP contribution in [-0.4, -0.2) is 18.5 Å². The van der Waals surface area contributed by atoms with E-state index in [4.69, 9.17) is 4.74 Å². The molecule has 124 valence electrons. The minimum atomic E-state index is -0.410. The van der Waals surface area contributed by atoms with E-state index in [9.17, 15) is 9.59 Å². The Bertz CT molecular complexity index is 721. The Balaban J connectivity index is 2.24. The Kier molecular flexibility index (Phi) is 6.32. The summed E-state index contributed by atoms with van der Waals surface area (Å²) in [5.41, 5.74) is 2.48. The van der Waals surface area contributed by atoms with Crippen molar-refractivity contribution in [1.82, 2.24) is 5.32 Å². The molecule has 2 rings (SSSR count). The van der Waals surface area contributed by atoms with Gasteiger partial charge in [-0.15, -0.1) is 0 Å². The van der Waals surface area contributed by atoms with Crippen molar-refractivity contribution in [3.8, 4) is 0 Å². The quantitative estimate of drug-likeness (QED) is 0.654. The maximum absolute atomic E-state index is 12.3. The molecule has 0 aliphatic carbocycles. The maximum Gasteiger partial charge on any atom is 0.336 e. The first-order valence-electron chi connectivity index (χ1n) is 7.89. The summed E-state index contributed by atoms with van der Waals surface area (Å²) in [5.74, 6) is -0.657. The van der Waals surface area contributed by atoms with Crippen LogP contribution < -0.4 is 5.32 Å². The summed E-state index contributed by atoms with van der Waals surface area (Å²) in [4.78, 5) is 24.6. The molecule has 0 atom stereocenters. The van der Waals surface area contributed by atoms with Crippen molar-refractivity contribution in [3.05, 3.63) is 83.1 Å². The predicted molar refractivity (Wildman–Crippen MR) is 93.4 cm³/mol. The highest BCUT2D eigenvalue weighted by molar-refractivity contribution is 5.97. The van der Waals surface area contributed by atoms with Crippen molar-refractivity contribution < 1.29 is 14.3 Å². The van der Waals surface area contributed by atoms with E-state index >= 15 is 0 Å². The van der Waals surface area contributed by atoms with Crippen molar-refractivity contribution in [2.45, 2.75) is 20.3 Å². The first kappa shape index (κ1) is 17.5. The number of benzene rings is 2. The Morgan fingerprint density at radius 2 is 1.54 bits per heavy atom. The molecule has 24 heavy (non-hydrogen) atoms. The highest BCUT2D eigenvalue weighted by Gasteiger charge is 2.17. The summed E-state index contributed by atoms with van der Waals surface area (Å²) in [7, 11) is 0. The van der Waals surface area contributed by atoms with Crippen LogP contribution in [0.25, 0.3) is 0 Å². The van der Waals surface area contributed by atoms with E-state index in [0.29, 0.717) is 23.3 Å². The molecule has 0 aliphatic rings. The van der Waals surface area contributed by atoms with E-state index in [-0.39, 0.29) is 12.5 Å². The van der Waals surface area contributed by atoms with Crippen LogP contribution in [0.5, 0.6) is 0 Å².